The van der Waals surface area contributed by atoms with Gasteiger partial charge in [-0.1, -0.05) is 13.8 Å². The van der Waals surface area contributed by atoms with Gasteiger partial charge in [-0.15, -0.1) is 11.8 Å². The highest BCUT2D eigenvalue weighted by atomic mass is 32.2. The highest BCUT2D eigenvalue weighted by Gasteiger charge is 2.38. The van der Waals surface area contributed by atoms with Gasteiger partial charge in [-0.25, -0.2) is 0 Å². The average Bonchev–Trinajstić information content (AvgIpc) is 2.41. The second-order valence-corrected chi connectivity index (χ2v) is 7.42. The molecule has 0 amide bonds. The Bertz CT molecular complexity index is 245. The topological polar surface area (TPSA) is 26.3 Å². The van der Waals surface area contributed by atoms with Crippen molar-refractivity contribution >= 4 is 29.5 Å². The highest BCUT2D eigenvalue weighted by Crippen LogP contribution is 2.40. The summed E-state index contributed by atoms with van der Waals surface area (Å²) in [5.41, 5.74) is 0. The second kappa shape index (κ2) is 6.20. The number of hydrogen-bond donors (Lipinski definition) is 0. The predicted octanol–water partition coefficient (Wildman–Crippen LogP) is 3.55. The first kappa shape index (κ1) is 14.2. The van der Waals surface area contributed by atoms with Crippen molar-refractivity contribution in [2.24, 2.45) is 5.92 Å². The second-order valence-electron chi connectivity index (χ2n) is 4.46. The van der Waals surface area contributed by atoms with E-state index in [1.165, 1.54) is 12.2 Å². The number of hydrogen-bond acceptors (Lipinski definition) is 4. The summed E-state index contributed by atoms with van der Waals surface area (Å²) < 4.78 is 5.73. The van der Waals surface area contributed by atoms with Crippen LogP contribution in [-0.2, 0) is 9.53 Å². The summed E-state index contributed by atoms with van der Waals surface area (Å²) in [6, 6.07) is 0. The summed E-state index contributed by atoms with van der Waals surface area (Å²) in [5.74, 6) is 2.22. The van der Waals surface area contributed by atoms with Crippen LogP contribution in [0, 0.1) is 5.92 Å². The number of carbonyl (C=O) groups is 1. The fraction of sp³-hybridized carbons (Fsp3) is 0.917. The predicted molar refractivity (Wildman–Crippen MR) is 72.9 cm³/mol. The Morgan fingerprint density at radius 2 is 2.25 bits per heavy atom. The van der Waals surface area contributed by atoms with E-state index in [0.717, 1.165) is 12.2 Å². The van der Waals surface area contributed by atoms with Crippen molar-refractivity contribution in [1.29, 1.82) is 0 Å². The van der Waals surface area contributed by atoms with Crippen LogP contribution in [0.5, 0.6) is 0 Å². The lowest BCUT2D eigenvalue weighted by molar-refractivity contribution is -0.154. The lowest BCUT2D eigenvalue weighted by atomic mass is 10.1. The van der Waals surface area contributed by atoms with E-state index in [1.807, 2.05) is 25.6 Å². The molecule has 0 radical (unpaired) electrons. The third kappa shape index (κ3) is 3.59. The molecule has 1 aliphatic rings. The molecule has 1 heterocycles. The zero-order valence-corrected chi connectivity index (χ0v) is 12.2. The maximum atomic E-state index is 11.9. The quantitative estimate of drug-likeness (QED) is 0.727. The Morgan fingerprint density at radius 3 is 2.88 bits per heavy atom. The van der Waals surface area contributed by atoms with Gasteiger partial charge in [0.05, 0.1) is 11.2 Å². The van der Waals surface area contributed by atoms with Gasteiger partial charge in [0.2, 0.25) is 0 Å². The van der Waals surface area contributed by atoms with E-state index >= 15 is 0 Å². The summed E-state index contributed by atoms with van der Waals surface area (Å²) in [4.78, 5) is 11.5. The molecular weight excluding hydrogens is 240 g/mol. The molecule has 1 fully saturated rings. The lowest BCUT2D eigenvalue weighted by Crippen LogP contribution is -2.38. The van der Waals surface area contributed by atoms with Crippen LogP contribution in [0.25, 0.3) is 0 Å². The zero-order valence-electron chi connectivity index (χ0n) is 10.6. The maximum absolute atomic E-state index is 11.9. The van der Waals surface area contributed by atoms with Gasteiger partial charge in [-0.3, -0.25) is 4.79 Å². The van der Waals surface area contributed by atoms with Crippen molar-refractivity contribution in [2.45, 2.75) is 50.7 Å². The normalized spacial score (nSPS) is 32.9. The van der Waals surface area contributed by atoms with Crippen molar-refractivity contribution in [1.82, 2.24) is 0 Å². The minimum atomic E-state index is -0.346. The van der Waals surface area contributed by atoms with Crippen molar-refractivity contribution < 1.29 is 9.53 Å². The number of thioether (sulfide) groups is 2. The van der Waals surface area contributed by atoms with Gasteiger partial charge in [0.15, 0.2) is 4.93 Å². The summed E-state index contributed by atoms with van der Waals surface area (Å²) in [7, 11) is 0. The van der Waals surface area contributed by atoms with Crippen LogP contribution in [0.15, 0.2) is 0 Å². The SMILES string of the molecule is CCC(C)C(=O)OC1(C)SCCCSC1C. The molecule has 1 saturated heterocycles. The van der Waals surface area contributed by atoms with E-state index < -0.39 is 0 Å². The minimum absolute atomic E-state index is 0.0119. The van der Waals surface area contributed by atoms with E-state index in [-0.39, 0.29) is 16.8 Å². The first-order valence-electron chi connectivity index (χ1n) is 5.98. The third-order valence-corrected chi connectivity index (χ3v) is 6.23. The standard InChI is InChI=1S/C12H22O2S2/c1-5-9(2)11(13)14-12(4)10(3)15-7-6-8-16-12/h9-10H,5-8H2,1-4H3. The Labute approximate surface area is 107 Å². The highest BCUT2D eigenvalue weighted by molar-refractivity contribution is 8.04. The van der Waals surface area contributed by atoms with Gasteiger partial charge in [0.25, 0.3) is 0 Å². The molecule has 0 aromatic rings. The van der Waals surface area contributed by atoms with E-state index in [9.17, 15) is 4.79 Å². The number of rotatable bonds is 3. The van der Waals surface area contributed by atoms with Gasteiger partial charge in [0.1, 0.15) is 0 Å². The van der Waals surface area contributed by atoms with Crippen LogP contribution >= 0.6 is 23.5 Å². The molecule has 0 saturated carbocycles. The van der Waals surface area contributed by atoms with Gasteiger partial charge < -0.3 is 4.74 Å². The smallest absolute Gasteiger partial charge is 0.310 e. The molecule has 4 heteroatoms. The fourth-order valence-corrected chi connectivity index (χ4v) is 4.12. The minimum Gasteiger partial charge on any atom is -0.447 e. The molecule has 16 heavy (non-hydrogen) atoms. The molecule has 2 nitrogen and oxygen atoms in total. The van der Waals surface area contributed by atoms with Gasteiger partial charge in [-0.2, -0.15) is 11.8 Å². The van der Waals surface area contributed by atoms with E-state index in [4.69, 9.17) is 4.74 Å². The van der Waals surface area contributed by atoms with Crippen LogP contribution in [0.3, 0.4) is 0 Å². The maximum Gasteiger partial charge on any atom is 0.310 e. The monoisotopic (exact) mass is 262 g/mol. The molecule has 0 bridgehead atoms. The Morgan fingerprint density at radius 1 is 1.56 bits per heavy atom. The molecule has 0 N–H and O–H groups in total. The average molecular weight is 262 g/mol. The van der Waals surface area contributed by atoms with Crippen LogP contribution < -0.4 is 0 Å². The van der Waals surface area contributed by atoms with Crippen molar-refractivity contribution in [3.63, 3.8) is 0 Å². The first-order valence-corrected chi connectivity index (χ1v) is 8.01. The van der Waals surface area contributed by atoms with Gasteiger partial charge >= 0.3 is 5.97 Å². The van der Waals surface area contributed by atoms with Crippen molar-refractivity contribution in [2.75, 3.05) is 11.5 Å². The molecule has 0 spiro atoms. The first-order chi connectivity index (χ1) is 7.49. The molecular formula is C12H22O2S2. The molecule has 1 aliphatic heterocycles. The number of esters is 1. The molecule has 0 aromatic carbocycles. The number of carbonyl (C=O) groups excluding carboxylic acids is 1. The Kier molecular flexibility index (Phi) is 5.51. The van der Waals surface area contributed by atoms with Gasteiger partial charge in [0, 0.05) is 0 Å². The molecule has 0 aromatic heterocycles. The third-order valence-electron chi connectivity index (χ3n) is 3.10. The van der Waals surface area contributed by atoms with Crippen molar-refractivity contribution in [3.8, 4) is 0 Å². The molecule has 0 aliphatic carbocycles. The van der Waals surface area contributed by atoms with Crippen LogP contribution in [0.2, 0.25) is 0 Å². The van der Waals surface area contributed by atoms with E-state index in [1.54, 1.807) is 11.8 Å². The van der Waals surface area contributed by atoms with Gasteiger partial charge in [-0.05, 0) is 38.2 Å². The van der Waals surface area contributed by atoms with Crippen molar-refractivity contribution in [3.05, 3.63) is 0 Å². The molecule has 94 valence electrons. The Balaban J connectivity index is 2.63. The summed E-state index contributed by atoms with van der Waals surface area (Å²) in [6.07, 6.45) is 2.05. The molecule has 3 unspecified atom stereocenters. The molecule has 3 atom stereocenters. The Hall–Kier alpha value is 0.170. The summed E-state index contributed by atoms with van der Waals surface area (Å²) in [6.45, 7) is 8.17. The van der Waals surface area contributed by atoms with Crippen LogP contribution in [-0.4, -0.2) is 27.7 Å². The largest absolute Gasteiger partial charge is 0.447 e. The summed E-state index contributed by atoms with van der Waals surface area (Å²) >= 11 is 3.70. The fourth-order valence-electron chi connectivity index (χ4n) is 1.44. The molecule has 1 rings (SSSR count). The van der Waals surface area contributed by atoms with E-state index in [0.29, 0.717) is 5.25 Å². The van der Waals surface area contributed by atoms with E-state index in [2.05, 4.69) is 13.8 Å². The lowest BCUT2D eigenvalue weighted by Gasteiger charge is -2.33. The van der Waals surface area contributed by atoms with Crippen LogP contribution in [0.1, 0.15) is 40.5 Å². The zero-order chi connectivity index (χ0) is 12.2. The summed E-state index contributed by atoms with van der Waals surface area (Å²) in [5, 5.41) is 0.369. The number of ether oxygens (including phenoxy) is 1. The van der Waals surface area contributed by atoms with Crippen LogP contribution in [0.4, 0.5) is 0 Å².